The first-order chi connectivity index (χ1) is 13.4. The standard InChI is InChI=1S/C13H15BINO6S.C3H8.C2H6/c1-19-12(17)11-10(16-13(18)21-11)7-8-4-3-5-9(6-8)23-22-14(15)20-2;1-3-2;1-2/h3-6,10-11H,7H2,1-2H3,(H,16,18);3H2,1-2H3;1-2H3. The summed E-state index contributed by atoms with van der Waals surface area (Å²) in [6.45, 7) is 8.25. The molecule has 10 heteroatoms. The van der Waals surface area contributed by atoms with E-state index in [0.717, 1.165) is 10.5 Å². The van der Waals surface area contributed by atoms with E-state index < -0.39 is 24.2 Å². The Morgan fingerprint density at radius 2 is 1.96 bits per heavy atom. The smallest absolute Gasteiger partial charge is 0.466 e. The lowest BCUT2D eigenvalue weighted by Crippen LogP contribution is -2.38. The molecule has 1 heterocycles. The highest BCUT2D eigenvalue weighted by Crippen LogP contribution is 2.24. The average Bonchev–Trinajstić information content (AvgIpc) is 3.08. The lowest BCUT2D eigenvalue weighted by molar-refractivity contribution is -0.149. The molecule has 1 saturated heterocycles. The Morgan fingerprint density at radius 3 is 2.54 bits per heavy atom. The van der Waals surface area contributed by atoms with Crippen LogP contribution in [0.4, 0.5) is 4.79 Å². The van der Waals surface area contributed by atoms with Crippen molar-refractivity contribution >= 4 is 51.5 Å². The van der Waals surface area contributed by atoms with E-state index >= 15 is 0 Å². The van der Waals surface area contributed by atoms with Crippen LogP contribution in [0.5, 0.6) is 0 Å². The predicted molar refractivity (Wildman–Crippen MR) is 120 cm³/mol. The van der Waals surface area contributed by atoms with Gasteiger partial charge in [0, 0.05) is 24.0 Å². The molecule has 0 aliphatic carbocycles. The summed E-state index contributed by atoms with van der Waals surface area (Å²) in [6, 6.07) is 7.13. The molecule has 0 radical (unpaired) electrons. The van der Waals surface area contributed by atoms with Crippen LogP contribution in [0.1, 0.15) is 39.7 Å². The molecule has 0 spiro atoms. The number of benzene rings is 1. The van der Waals surface area contributed by atoms with E-state index in [1.807, 2.05) is 60.5 Å². The van der Waals surface area contributed by atoms with Gasteiger partial charge >= 0.3 is 17.0 Å². The third-order valence-corrected chi connectivity index (χ3v) is 4.92. The lowest BCUT2D eigenvalue weighted by atomic mass is 10.0. The van der Waals surface area contributed by atoms with E-state index in [4.69, 9.17) is 13.5 Å². The third kappa shape index (κ3) is 9.99. The summed E-state index contributed by atoms with van der Waals surface area (Å²) in [5, 5.41) is 2.63. The Labute approximate surface area is 185 Å². The van der Waals surface area contributed by atoms with Gasteiger partial charge in [0.05, 0.1) is 13.2 Å². The summed E-state index contributed by atoms with van der Waals surface area (Å²) < 4.78 is 20.0. The average molecular weight is 525 g/mol. The lowest BCUT2D eigenvalue weighted by Gasteiger charge is -2.15. The molecule has 0 bridgehead atoms. The maximum Gasteiger partial charge on any atom is 0.543 e. The SMILES string of the molecule is CC.CCC.COB(I)OSc1cccc(CC2NC(=O)OC2C(=O)OC)c1. The second-order valence-corrected chi connectivity index (χ2v) is 7.20. The fraction of sp³-hybridized carbons (Fsp3) is 0.556. The molecule has 2 atom stereocenters. The number of methoxy groups -OCH3 is 1. The Morgan fingerprint density at radius 1 is 1.32 bits per heavy atom. The molecule has 2 rings (SSSR count). The fourth-order valence-electron chi connectivity index (χ4n) is 2.06. The number of esters is 1. The van der Waals surface area contributed by atoms with Crippen molar-refractivity contribution < 1.29 is 27.8 Å². The van der Waals surface area contributed by atoms with Crippen LogP contribution < -0.4 is 5.32 Å². The maximum atomic E-state index is 11.7. The van der Waals surface area contributed by atoms with E-state index in [9.17, 15) is 9.59 Å². The minimum absolute atomic E-state index is 0.354. The minimum atomic E-state index is -0.938. The summed E-state index contributed by atoms with van der Waals surface area (Å²) in [5.41, 5.74) is 0.936. The monoisotopic (exact) mass is 525 g/mol. The number of amides is 1. The zero-order valence-electron chi connectivity index (χ0n) is 17.2. The number of hydrogen-bond donors (Lipinski definition) is 1. The molecular formula is C18H29BINO6S. The van der Waals surface area contributed by atoms with Crippen molar-refractivity contribution in [1.82, 2.24) is 5.32 Å². The molecule has 1 amide bonds. The number of rotatable bonds is 7. The zero-order valence-corrected chi connectivity index (χ0v) is 20.2. The minimum Gasteiger partial charge on any atom is -0.466 e. The van der Waals surface area contributed by atoms with Gasteiger partial charge in [0.2, 0.25) is 6.10 Å². The number of hydrogen-bond acceptors (Lipinski definition) is 7. The summed E-state index contributed by atoms with van der Waals surface area (Å²) in [4.78, 5) is 23.6. The number of ether oxygens (including phenoxy) is 2. The van der Waals surface area contributed by atoms with Crippen LogP contribution in [0.3, 0.4) is 0 Å². The van der Waals surface area contributed by atoms with Gasteiger partial charge < -0.3 is 23.5 Å². The normalized spacial score (nSPS) is 17.2. The molecular weight excluding hydrogens is 496 g/mol. The predicted octanol–water partition coefficient (Wildman–Crippen LogP) is 4.41. The van der Waals surface area contributed by atoms with Gasteiger partial charge in [-0.05, 0) is 24.1 Å². The largest absolute Gasteiger partial charge is 0.543 e. The summed E-state index contributed by atoms with van der Waals surface area (Å²) >= 11 is 3.21. The van der Waals surface area contributed by atoms with Crippen molar-refractivity contribution in [3.05, 3.63) is 29.8 Å². The topological polar surface area (TPSA) is 83.1 Å². The number of carbonyl (C=O) groups is 2. The van der Waals surface area contributed by atoms with Gasteiger partial charge in [0.15, 0.2) is 0 Å². The van der Waals surface area contributed by atoms with Gasteiger partial charge in [-0.15, -0.1) is 0 Å². The fourth-order valence-corrected chi connectivity index (χ4v) is 2.97. The van der Waals surface area contributed by atoms with Crippen molar-refractivity contribution in [2.24, 2.45) is 0 Å². The number of alkyl carbamates (subject to hydrolysis) is 1. The maximum absolute atomic E-state index is 11.7. The van der Waals surface area contributed by atoms with Gasteiger partial charge in [0.25, 0.3) is 0 Å². The van der Waals surface area contributed by atoms with Crippen LogP contribution in [-0.2, 0) is 29.4 Å². The van der Waals surface area contributed by atoms with Crippen LogP contribution in [0.2, 0.25) is 0 Å². The van der Waals surface area contributed by atoms with Crippen molar-refractivity contribution in [3.8, 4) is 0 Å². The zero-order chi connectivity index (χ0) is 21.5. The van der Waals surface area contributed by atoms with Gasteiger partial charge in [-0.2, -0.15) is 0 Å². The van der Waals surface area contributed by atoms with Crippen molar-refractivity contribution in [1.29, 1.82) is 0 Å². The number of halogens is 1. The number of cyclic esters (lactones) is 1. The Hall–Kier alpha value is -0.975. The molecule has 158 valence electrons. The van der Waals surface area contributed by atoms with Crippen LogP contribution in [-0.4, -0.2) is 43.4 Å². The summed E-state index contributed by atoms with van der Waals surface area (Å²) in [6.07, 6.45) is 0.136. The van der Waals surface area contributed by atoms with Gasteiger partial charge in [-0.1, -0.05) is 68.6 Å². The molecule has 28 heavy (non-hydrogen) atoms. The second kappa shape index (κ2) is 15.9. The van der Waals surface area contributed by atoms with Crippen molar-refractivity contribution in [2.75, 3.05) is 14.2 Å². The first-order valence-corrected chi connectivity index (χ1v) is 11.1. The van der Waals surface area contributed by atoms with Gasteiger partial charge in [0.1, 0.15) is 0 Å². The van der Waals surface area contributed by atoms with Gasteiger partial charge in [-0.3, -0.25) is 0 Å². The molecule has 1 aliphatic rings. The first kappa shape index (κ1) is 27.0. The second-order valence-electron chi connectivity index (χ2n) is 5.35. The van der Waals surface area contributed by atoms with E-state index in [2.05, 4.69) is 23.9 Å². The third-order valence-electron chi connectivity index (χ3n) is 3.10. The van der Waals surface area contributed by atoms with Crippen LogP contribution in [0, 0.1) is 0 Å². The quantitative estimate of drug-likeness (QED) is 0.245. The number of nitrogens with one attached hydrogen (secondary N) is 1. The molecule has 7 nitrogen and oxygen atoms in total. The molecule has 1 aliphatic heterocycles. The first-order valence-electron chi connectivity index (χ1n) is 9.09. The van der Waals surface area contributed by atoms with E-state index in [0.29, 0.717) is 6.42 Å². The molecule has 1 N–H and O–H groups in total. The van der Waals surface area contributed by atoms with Crippen molar-refractivity contribution in [2.45, 2.75) is 57.6 Å². The molecule has 1 aromatic rings. The highest BCUT2D eigenvalue weighted by Gasteiger charge is 2.40. The molecule has 2 unspecified atom stereocenters. The molecule has 0 aromatic heterocycles. The highest BCUT2D eigenvalue weighted by molar-refractivity contribution is 14.1. The number of carbonyl (C=O) groups excluding carboxylic acids is 2. The van der Waals surface area contributed by atoms with Crippen molar-refractivity contribution in [3.63, 3.8) is 0 Å². The molecule has 0 saturated carbocycles. The summed E-state index contributed by atoms with van der Waals surface area (Å²) in [7, 11) is 2.82. The van der Waals surface area contributed by atoms with Crippen LogP contribution in [0.15, 0.2) is 29.2 Å². The Kier molecular flexibility index (Phi) is 15.3. The summed E-state index contributed by atoms with van der Waals surface area (Å²) in [5.74, 6) is -0.574. The van der Waals surface area contributed by atoms with E-state index in [1.54, 1.807) is 7.11 Å². The molecule has 1 fully saturated rings. The van der Waals surface area contributed by atoms with Crippen LogP contribution in [0.25, 0.3) is 0 Å². The van der Waals surface area contributed by atoms with Gasteiger partial charge in [-0.25, -0.2) is 9.59 Å². The van der Waals surface area contributed by atoms with E-state index in [-0.39, 0.29) is 4.97 Å². The Bertz CT molecular complexity index is 595. The molecule has 1 aromatic carbocycles. The van der Waals surface area contributed by atoms with Crippen LogP contribution >= 0.6 is 34.4 Å². The highest BCUT2D eigenvalue weighted by atomic mass is 127. The van der Waals surface area contributed by atoms with E-state index in [1.165, 1.54) is 25.6 Å². The Balaban J connectivity index is 0.00000133.